The van der Waals surface area contributed by atoms with Crippen LogP contribution in [0, 0.1) is 5.92 Å². The standard InChI is InChI=1S/C13H25FO2S/c1-4-16-13(15)12(10-11(2)3)17-9-7-5-6-8-14/h11-12H,4-10H2,1-3H3. The third-order valence-corrected chi connectivity index (χ3v) is 3.64. The lowest BCUT2D eigenvalue weighted by Gasteiger charge is -2.16. The van der Waals surface area contributed by atoms with Crippen LogP contribution in [-0.2, 0) is 9.53 Å². The number of carbonyl (C=O) groups excluding carboxylic acids is 1. The molecule has 102 valence electrons. The second-order valence-electron chi connectivity index (χ2n) is 4.49. The zero-order valence-electron chi connectivity index (χ0n) is 11.2. The van der Waals surface area contributed by atoms with E-state index in [4.69, 9.17) is 4.74 Å². The molecule has 0 aromatic heterocycles. The molecular formula is C13H25FO2S. The molecule has 0 radical (unpaired) electrons. The Morgan fingerprint density at radius 1 is 1.29 bits per heavy atom. The number of hydrogen-bond donors (Lipinski definition) is 0. The van der Waals surface area contributed by atoms with Gasteiger partial charge in [0, 0.05) is 0 Å². The summed E-state index contributed by atoms with van der Waals surface area (Å²) in [5, 5.41) is -0.0553. The molecule has 0 aromatic rings. The first-order valence-corrected chi connectivity index (χ1v) is 7.50. The molecule has 0 aliphatic carbocycles. The molecule has 2 nitrogen and oxygen atoms in total. The van der Waals surface area contributed by atoms with Gasteiger partial charge in [0.2, 0.25) is 0 Å². The minimum Gasteiger partial charge on any atom is -0.465 e. The maximum atomic E-state index is 11.9. The first kappa shape index (κ1) is 16.8. The number of carbonyl (C=O) groups is 1. The van der Waals surface area contributed by atoms with Gasteiger partial charge in [-0.1, -0.05) is 20.3 Å². The van der Waals surface area contributed by atoms with E-state index in [2.05, 4.69) is 13.8 Å². The van der Waals surface area contributed by atoms with Gasteiger partial charge >= 0.3 is 5.97 Å². The number of ether oxygens (including phenoxy) is 1. The lowest BCUT2D eigenvalue weighted by Crippen LogP contribution is -2.22. The Morgan fingerprint density at radius 3 is 2.53 bits per heavy atom. The molecule has 0 spiro atoms. The summed E-state index contributed by atoms with van der Waals surface area (Å²) in [5.41, 5.74) is 0. The number of halogens is 1. The minimum absolute atomic E-state index is 0.0553. The topological polar surface area (TPSA) is 26.3 Å². The van der Waals surface area contributed by atoms with Crippen molar-refractivity contribution >= 4 is 17.7 Å². The maximum Gasteiger partial charge on any atom is 0.319 e. The highest BCUT2D eigenvalue weighted by molar-refractivity contribution is 8.00. The summed E-state index contributed by atoms with van der Waals surface area (Å²) in [6.07, 6.45) is 3.37. The quantitative estimate of drug-likeness (QED) is 0.443. The van der Waals surface area contributed by atoms with Crippen molar-refractivity contribution in [1.82, 2.24) is 0 Å². The molecule has 17 heavy (non-hydrogen) atoms. The van der Waals surface area contributed by atoms with E-state index in [1.807, 2.05) is 6.92 Å². The Balaban J connectivity index is 3.89. The third-order valence-electron chi connectivity index (χ3n) is 2.33. The molecule has 0 heterocycles. The molecule has 1 unspecified atom stereocenters. The van der Waals surface area contributed by atoms with Gasteiger partial charge in [0.1, 0.15) is 5.25 Å². The molecule has 0 aromatic carbocycles. The average molecular weight is 264 g/mol. The van der Waals surface area contributed by atoms with Crippen LogP contribution in [0.15, 0.2) is 0 Å². The van der Waals surface area contributed by atoms with Crippen molar-refractivity contribution in [2.75, 3.05) is 19.0 Å². The lowest BCUT2D eigenvalue weighted by molar-refractivity contribution is -0.142. The Labute approximate surface area is 109 Å². The largest absolute Gasteiger partial charge is 0.465 e. The van der Waals surface area contributed by atoms with Crippen LogP contribution in [-0.4, -0.2) is 30.3 Å². The Kier molecular flexibility index (Phi) is 10.7. The summed E-state index contributed by atoms with van der Waals surface area (Å²) in [6, 6.07) is 0. The van der Waals surface area contributed by atoms with E-state index in [-0.39, 0.29) is 17.9 Å². The Hall–Kier alpha value is -0.250. The van der Waals surface area contributed by atoms with Crippen LogP contribution in [0.2, 0.25) is 0 Å². The lowest BCUT2D eigenvalue weighted by atomic mass is 10.1. The molecule has 0 rings (SSSR count). The zero-order chi connectivity index (χ0) is 13.1. The van der Waals surface area contributed by atoms with E-state index in [0.717, 1.165) is 25.0 Å². The number of alkyl halides is 1. The first-order valence-electron chi connectivity index (χ1n) is 6.46. The van der Waals surface area contributed by atoms with Gasteiger partial charge in [0.25, 0.3) is 0 Å². The maximum absolute atomic E-state index is 11.9. The summed E-state index contributed by atoms with van der Waals surface area (Å²) in [6.45, 7) is 6.25. The van der Waals surface area contributed by atoms with Crippen molar-refractivity contribution in [2.45, 2.75) is 51.7 Å². The molecule has 1 atom stereocenters. The van der Waals surface area contributed by atoms with Crippen LogP contribution in [0.25, 0.3) is 0 Å². The monoisotopic (exact) mass is 264 g/mol. The van der Waals surface area contributed by atoms with Crippen molar-refractivity contribution < 1.29 is 13.9 Å². The van der Waals surface area contributed by atoms with E-state index in [9.17, 15) is 9.18 Å². The Morgan fingerprint density at radius 2 is 2.00 bits per heavy atom. The van der Waals surface area contributed by atoms with Crippen molar-refractivity contribution in [1.29, 1.82) is 0 Å². The van der Waals surface area contributed by atoms with Gasteiger partial charge in [-0.05, 0) is 37.9 Å². The number of esters is 1. The Bertz CT molecular complexity index is 198. The summed E-state index contributed by atoms with van der Waals surface area (Å²) >= 11 is 1.65. The molecular weight excluding hydrogens is 239 g/mol. The van der Waals surface area contributed by atoms with Crippen LogP contribution < -0.4 is 0 Å². The fourth-order valence-corrected chi connectivity index (χ4v) is 2.88. The average Bonchev–Trinajstić information content (AvgIpc) is 2.27. The second kappa shape index (κ2) is 10.9. The summed E-state index contributed by atoms with van der Waals surface area (Å²) in [5.74, 6) is 1.30. The predicted octanol–water partition coefficient (Wildman–Crippen LogP) is 3.84. The van der Waals surface area contributed by atoms with Crippen molar-refractivity contribution in [3.05, 3.63) is 0 Å². The fourth-order valence-electron chi connectivity index (χ4n) is 1.49. The normalized spacial score (nSPS) is 12.8. The minimum atomic E-state index is -0.238. The predicted molar refractivity (Wildman–Crippen MR) is 72.2 cm³/mol. The van der Waals surface area contributed by atoms with Gasteiger partial charge < -0.3 is 4.74 Å². The van der Waals surface area contributed by atoms with Gasteiger partial charge in [-0.3, -0.25) is 9.18 Å². The zero-order valence-corrected chi connectivity index (χ0v) is 12.0. The molecule has 0 fully saturated rings. The van der Waals surface area contributed by atoms with Gasteiger partial charge in [-0.25, -0.2) is 0 Å². The SMILES string of the molecule is CCOC(=O)C(CC(C)C)SCCCCCF. The number of rotatable bonds is 10. The third kappa shape index (κ3) is 9.45. The smallest absolute Gasteiger partial charge is 0.319 e. The molecule has 0 amide bonds. The van der Waals surface area contributed by atoms with Crippen LogP contribution in [0.5, 0.6) is 0 Å². The number of unbranched alkanes of at least 4 members (excludes halogenated alkanes) is 2. The number of thioether (sulfide) groups is 1. The highest BCUT2D eigenvalue weighted by Gasteiger charge is 2.20. The molecule has 4 heteroatoms. The van der Waals surface area contributed by atoms with Gasteiger partial charge in [-0.2, -0.15) is 0 Å². The van der Waals surface area contributed by atoms with E-state index >= 15 is 0 Å². The second-order valence-corrected chi connectivity index (χ2v) is 5.80. The van der Waals surface area contributed by atoms with Crippen molar-refractivity contribution in [3.8, 4) is 0 Å². The van der Waals surface area contributed by atoms with Gasteiger partial charge in [-0.15, -0.1) is 11.8 Å². The fraction of sp³-hybridized carbons (Fsp3) is 0.923. The molecule has 0 saturated carbocycles. The molecule has 0 aliphatic heterocycles. The molecule has 0 N–H and O–H groups in total. The van der Waals surface area contributed by atoms with Crippen LogP contribution >= 0.6 is 11.8 Å². The van der Waals surface area contributed by atoms with Gasteiger partial charge in [0.05, 0.1) is 13.3 Å². The van der Waals surface area contributed by atoms with Crippen LogP contribution in [0.4, 0.5) is 4.39 Å². The molecule has 0 aliphatic rings. The van der Waals surface area contributed by atoms with E-state index in [0.29, 0.717) is 18.9 Å². The van der Waals surface area contributed by atoms with Crippen molar-refractivity contribution in [3.63, 3.8) is 0 Å². The van der Waals surface area contributed by atoms with Gasteiger partial charge in [0.15, 0.2) is 0 Å². The first-order chi connectivity index (χ1) is 8.11. The van der Waals surface area contributed by atoms with E-state index in [1.165, 1.54) is 0 Å². The molecule has 0 saturated heterocycles. The molecule has 0 bridgehead atoms. The highest BCUT2D eigenvalue weighted by atomic mass is 32.2. The van der Waals surface area contributed by atoms with Crippen LogP contribution in [0.3, 0.4) is 0 Å². The van der Waals surface area contributed by atoms with Crippen LogP contribution in [0.1, 0.15) is 46.5 Å². The highest BCUT2D eigenvalue weighted by Crippen LogP contribution is 2.22. The summed E-state index contributed by atoms with van der Waals surface area (Å²) < 4.78 is 17.0. The number of hydrogen-bond acceptors (Lipinski definition) is 3. The summed E-state index contributed by atoms with van der Waals surface area (Å²) in [7, 11) is 0. The summed E-state index contributed by atoms with van der Waals surface area (Å²) in [4.78, 5) is 11.7. The van der Waals surface area contributed by atoms with E-state index in [1.54, 1.807) is 11.8 Å². The van der Waals surface area contributed by atoms with E-state index < -0.39 is 0 Å². The van der Waals surface area contributed by atoms with Crippen molar-refractivity contribution in [2.24, 2.45) is 5.92 Å².